The van der Waals surface area contributed by atoms with Crippen molar-refractivity contribution >= 4 is 29.5 Å². The Bertz CT molecular complexity index is 1460. The SMILES string of the molecule is CC1C2C=NC=CC12CNC(=O)c1nn(C)cc1NC(=O)c1cccc(-c2ccnc(NCC3CC3)c2)n1. The molecule has 0 radical (unpaired) electrons. The summed E-state index contributed by atoms with van der Waals surface area (Å²) in [5.74, 6) is 1.51. The second-order valence-corrected chi connectivity index (χ2v) is 10.4. The van der Waals surface area contributed by atoms with Crippen LogP contribution >= 0.6 is 0 Å². The molecule has 0 aromatic carbocycles. The van der Waals surface area contributed by atoms with Gasteiger partial charge in [0.05, 0.1) is 11.4 Å². The topological polar surface area (TPSA) is 126 Å². The fourth-order valence-corrected chi connectivity index (χ4v) is 5.12. The highest BCUT2D eigenvalue weighted by Gasteiger charge is 2.60. The number of rotatable bonds is 9. The monoisotopic (exact) mass is 510 g/mol. The first-order chi connectivity index (χ1) is 18.4. The van der Waals surface area contributed by atoms with E-state index in [2.05, 4.69) is 49.0 Å². The molecular formula is C28H30N8O2. The van der Waals surface area contributed by atoms with Crippen LogP contribution in [0.1, 0.15) is 40.7 Å². The highest BCUT2D eigenvalue weighted by molar-refractivity contribution is 6.07. The van der Waals surface area contributed by atoms with E-state index in [-0.39, 0.29) is 22.7 Å². The number of fused-ring (bicyclic) bond motifs is 1. The van der Waals surface area contributed by atoms with Crippen LogP contribution in [0.4, 0.5) is 11.5 Å². The Labute approximate surface area is 220 Å². The van der Waals surface area contributed by atoms with E-state index >= 15 is 0 Å². The van der Waals surface area contributed by atoms with Crippen molar-refractivity contribution in [3.05, 3.63) is 66.4 Å². The lowest BCUT2D eigenvalue weighted by atomic mass is 10.0. The minimum atomic E-state index is -0.420. The average molecular weight is 511 g/mol. The summed E-state index contributed by atoms with van der Waals surface area (Å²) in [5, 5.41) is 13.5. The molecule has 2 aliphatic carbocycles. The van der Waals surface area contributed by atoms with Crippen molar-refractivity contribution in [1.82, 2.24) is 25.1 Å². The number of carbonyl (C=O) groups excluding carboxylic acids is 2. The summed E-state index contributed by atoms with van der Waals surface area (Å²) in [5.41, 5.74) is 2.16. The van der Waals surface area contributed by atoms with Gasteiger partial charge in [0.15, 0.2) is 5.69 Å². The van der Waals surface area contributed by atoms with Crippen LogP contribution in [0.2, 0.25) is 0 Å². The number of anilines is 2. The third kappa shape index (κ3) is 4.69. The zero-order valence-corrected chi connectivity index (χ0v) is 21.4. The van der Waals surface area contributed by atoms with Gasteiger partial charge in [-0.25, -0.2) is 9.97 Å². The van der Waals surface area contributed by atoms with Gasteiger partial charge in [-0.3, -0.25) is 19.3 Å². The number of nitrogens with zero attached hydrogens (tertiary/aromatic N) is 5. The molecule has 3 unspecified atom stereocenters. The van der Waals surface area contributed by atoms with Crippen LogP contribution in [0.25, 0.3) is 11.3 Å². The third-order valence-corrected chi connectivity index (χ3v) is 7.77. The van der Waals surface area contributed by atoms with Crippen molar-refractivity contribution in [2.24, 2.45) is 35.2 Å². The van der Waals surface area contributed by atoms with E-state index in [1.807, 2.05) is 24.4 Å². The number of aliphatic imine (C=N–C) groups is 1. The molecule has 3 aliphatic rings. The Hall–Kier alpha value is -4.34. The van der Waals surface area contributed by atoms with E-state index in [4.69, 9.17) is 0 Å². The van der Waals surface area contributed by atoms with Gasteiger partial charge >= 0.3 is 0 Å². The summed E-state index contributed by atoms with van der Waals surface area (Å²) >= 11 is 0. The van der Waals surface area contributed by atoms with Crippen molar-refractivity contribution < 1.29 is 9.59 Å². The fraction of sp³-hybridized carbons (Fsp3) is 0.357. The Kier molecular flexibility index (Phi) is 6.01. The van der Waals surface area contributed by atoms with E-state index in [9.17, 15) is 9.59 Å². The molecule has 194 valence electrons. The van der Waals surface area contributed by atoms with Crippen LogP contribution in [-0.4, -0.2) is 50.9 Å². The maximum Gasteiger partial charge on any atom is 0.274 e. The highest BCUT2D eigenvalue weighted by atomic mass is 16.2. The van der Waals surface area contributed by atoms with Gasteiger partial charge in [0.25, 0.3) is 11.8 Å². The molecule has 1 aliphatic heterocycles. The molecule has 4 heterocycles. The maximum absolute atomic E-state index is 13.1. The van der Waals surface area contributed by atoms with Gasteiger partial charge in [-0.15, -0.1) is 0 Å². The first-order valence-corrected chi connectivity index (χ1v) is 12.9. The zero-order valence-electron chi connectivity index (χ0n) is 21.4. The summed E-state index contributed by atoms with van der Waals surface area (Å²) in [6, 6.07) is 9.10. The van der Waals surface area contributed by atoms with Crippen molar-refractivity contribution in [2.45, 2.75) is 19.8 Å². The van der Waals surface area contributed by atoms with Crippen molar-refractivity contribution in [3.8, 4) is 11.3 Å². The van der Waals surface area contributed by atoms with Crippen LogP contribution in [0, 0.1) is 23.2 Å². The Balaban J connectivity index is 1.14. The second-order valence-electron chi connectivity index (χ2n) is 10.4. The summed E-state index contributed by atoms with van der Waals surface area (Å²) in [7, 11) is 1.71. The molecule has 3 aromatic rings. The molecule has 2 saturated carbocycles. The molecule has 3 atom stereocenters. The molecule has 38 heavy (non-hydrogen) atoms. The number of hydrogen-bond acceptors (Lipinski definition) is 7. The van der Waals surface area contributed by atoms with Gasteiger partial charge in [0, 0.05) is 61.8 Å². The number of nitrogens with one attached hydrogen (secondary N) is 3. The molecule has 0 saturated heterocycles. The van der Waals surface area contributed by atoms with Gasteiger partial charge in [-0.1, -0.05) is 19.1 Å². The summed E-state index contributed by atoms with van der Waals surface area (Å²) < 4.78 is 1.51. The number of amides is 2. The first-order valence-electron chi connectivity index (χ1n) is 12.9. The molecule has 6 rings (SSSR count). The number of hydrogen-bond donors (Lipinski definition) is 3. The third-order valence-electron chi connectivity index (χ3n) is 7.77. The predicted molar refractivity (Wildman–Crippen MR) is 145 cm³/mol. The van der Waals surface area contributed by atoms with Crippen molar-refractivity contribution in [3.63, 3.8) is 0 Å². The zero-order chi connectivity index (χ0) is 26.3. The van der Waals surface area contributed by atoms with E-state index in [1.54, 1.807) is 37.8 Å². The van der Waals surface area contributed by atoms with Crippen LogP contribution in [0.5, 0.6) is 0 Å². The van der Waals surface area contributed by atoms with Crippen molar-refractivity contribution in [2.75, 3.05) is 23.7 Å². The quantitative estimate of drug-likeness (QED) is 0.404. The Morgan fingerprint density at radius 1 is 1.18 bits per heavy atom. The molecule has 10 heteroatoms. The summed E-state index contributed by atoms with van der Waals surface area (Å²) in [6.07, 6.45) is 11.7. The van der Waals surface area contributed by atoms with Crippen molar-refractivity contribution in [1.29, 1.82) is 0 Å². The molecule has 2 amide bonds. The van der Waals surface area contributed by atoms with Crippen LogP contribution in [-0.2, 0) is 7.05 Å². The number of aryl methyl sites for hydroxylation is 1. The average Bonchev–Trinajstić information content (AvgIpc) is 3.84. The predicted octanol–water partition coefficient (Wildman–Crippen LogP) is 3.53. The minimum Gasteiger partial charge on any atom is -0.370 e. The number of aromatic nitrogens is 4. The molecule has 10 nitrogen and oxygen atoms in total. The van der Waals surface area contributed by atoms with E-state index in [0.717, 1.165) is 23.8 Å². The summed E-state index contributed by atoms with van der Waals surface area (Å²) in [4.78, 5) is 39.4. The molecular weight excluding hydrogens is 480 g/mol. The minimum absolute atomic E-state index is 0.0970. The highest BCUT2D eigenvalue weighted by Crippen LogP contribution is 2.59. The normalized spacial score (nSPS) is 23.0. The van der Waals surface area contributed by atoms with Crippen LogP contribution < -0.4 is 16.0 Å². The molecule has 3 N–H and O–H groups in total. The standard InChI is InChI=1S/C28H30N8O2/c1-17-20-14-29-11-9-28(17,20)16-32-27(38)25-23(15-36(2)35-25)34-26(37)22-5-3-4-21(33-22)19-8-10-30-24(12-19)31-13-18-6-7-18/h3-5,8-12,14-15,17-18,20H,6-7,13,16H2,1-2H3,(H,30,31)(H,32,38)(H,34,37). The second kappa shape index (κ2) is 9.51. The van der Waals surface area contributed by atoms with Crippen LogP contribution in [0.15, 0.2) is 60.0 Å². The van der Waals surface area contributed by atoms with E-state index in [0.29, 0.717) is 29.8 Å². The smallest absolute Gasteiger partial charge is 0.274 e. The lowest BCUT2D eigenvalue weighted by Gasteiger charge is -2.15. The Morgan fingerprint density at radius 2 is 2.05 bits per heavy atom. The molecule has 0 spiro atoms. The largest absolute Gasteiger partial charge is 0.370 e. The van der Waals surface area contributed by atoms with Gasteiger partial charge in [-0.2, -0.15) is 5.10 Å². The number of pyridine rings is 2. The maximum atomic E-state index is 13.1. The lowest BCUT2D eigenvalue weighted by molar-refractivity contribution is 0.0942. The first kappa shape index (κ1) is 24.0. The Morgan fingerprint density at radius 3 is 2.87 bits per heavy atom. The van der Waals surface area contributed by atoms with Gasteiger partial charge in [0.2, 0.25) is 0 Å². The molecule has 3 aromatic heterocycles. The lowest BCUT2D eigenvalue weighted by Crippen LogP contribution is -2.32. The molecule has 0 bridgehead atoms. The van der Waals surface area contributed by atoms with E-state index in [1.165, 1.54) is 17.5 Å². The van der Waals surface area contributed by atoms with Gasteiger partial charge in [-0.05, 0) is 48.9 Å². The fourth-order valence-electron chi connectivity index (χ4n) is 5.12. The van der Waals surface area contributed by atoms with Crippen LogP contribution in [0.3, 0.4) is 0 Å². The number of carbonyl (C=O) groups is 2. The summed E-state index contributed by atoms with van der Waals surface area (Å²) in [6.45, 7) is 3.56. The van der Waals surface area contributed by atoms with E-state index < -0.39 is 5.91 Å². The van der Waals surface area contributed by atoms with Gasteiger partial charge in [0.1, 0.15) is 11.5 Å². The van der Waals surface area contributed by atoms with Gasteiger partial charge < -0.3 is 16.0 Å². The molecule has 2 fully saturated rings.